The lowest BCUT2D eigenvalue weighted by Gasteiger charge is -2.18. The maximum absolute atomic E-state index is 12.1. The number of nitrogens with one attached hydrogen (secondary N) is 1. The molecule has 6 heteroatoms. The second-order valence-corrected chi connectivity index (χ2v) is 5.40. The molecule has 0 radical (unpaired) electrons. The van der Waals surface area contributed by atoms with Crippen molar-refractivity contribution >= 4 is 29.2 Å². The number of amides is 1. The number of benzene rings is 1. The number of carboxylic acid groups (broad SMARTS) is 1. The van der Waals surface area contributed by atoms with E-state index in [1.807, 2.05) is 20.8 Å². The zero-order valence-corrected chi connectivity index (χ0v) is 13.1. The minimum Gasteiger partial charge on any atom is -0.480 e. The molecule has 116 valence electrons. The van der Waals surface area contributed by atoms with Crippen LogP contribution >= 0.6 is 11.6 Å². The zero-order chi connectivity index (χ0) is 16.0. The van der Waals surface area contributed by atoms with Gasteiger partial charge in [-0.2, -0.15) is 0 Å². The zero-order valence-electron chi connectivity index (χ0n) is 12.4. The van der Waals surface area contributed by atoms with Crippen LogP contribution in [0.2, 0.25) is 5.02 Å². The Hall–Kier alpha value is -1.75. The van der Waals surface area contributed by atoms with Gasteiger partial charge in [-0.05, 0) is 24.1 Å². The molecule has 2 unspecified atom stereocenters. The van der Waals surface area contributed by atoms with Gasteiger partial charge < -0.3 is 15.2 Å². The van der Waals surface area contributed by atoms with Gasteiger partial charge in [-0.15, -0.1) is 0 Å². The molecule has 0 aliphatic heterocycles. The predicted molar refractivity (Wildman–Crippen MR) is 81.8 cm³/mol. The Bertz CT molecular complexity index is 518. The Morgan fingerprint density at radius 1 is 1.38 bits per heavy atom. The van der Waals surface area contributed by atoms with Gasteiger partial charge in [-0.1, -0.05) is 38.8 Å². The lowest BCUT2D eigenvalue weighted by atomic mass is 9.93. The van der Waals surface area contributed by atoms with Gasteiger partial charge >= 0.3 is 5.97 Å². The molecule has 1 aromatic rings. The normalized spacial score (nSPS) is 13.3. The summed E-state index contributed by atoms with van der Waals surface area (Å²) in [6, 6.07) is 4.71. The second-order valence-electron chi connectivity index (χ2n) is 4.99. The Kier molecular flexibility index (Phi) is 6.49. The van der Waals surface area contributed by atoms with Crippen LogP contribution in [0.4, 0.5) is 5.69 Å². The van der Waals surface area contributed by atoms with Crippen LogP contribution in [0.15, 0.2) is 18.2 Å². The van der Waals surface area contributed by atoms with Crippen LogP contribution in [0.3, 0.4) is 0 Å². The summed E-state index contributed by atoms with van der Waals surface area (Å²) in [6.45, 7) is 5.49. The van der Waals surface area contributed by atoms with E-state index in [9.17, 15) is 9.59 Å². The average Bonchev–Trinajstić information content (AvgIpc) is 2.44. The highest BCUT2D eigenvalue weighted by Gasteiger charge is 2.19. The molecule has 2 atom stereocenters. The van der Waals surface area contributed by atoms with Gasteiger partial charge in [-0.25, -0.2) is 4.79 Å². The van der Waals surface area contributed by atoms with Gasteiger partial charge in [0.1, 0.15) is 5.75 Å². The van der Waals surface area contributed by atoms with Gasteiger partial charge in [0.15, 0.2) is 6.61 Å². The summed E-state index contributed by atoms with van der Waals surface area (Å²) in [6.07, 6.45) is 0.928. The largest absolute Gasteiger partial charge is 0.480 e. The third-order valence-corrected chi connectivity index (χ3v) is 3.76. The van der Waals surface area contributed by atoms with E-state index in [2.05, 4.69) is 5.32 Å². The minimum absolute atomic E-state index is 0.0698. The highest BCUT2D eigenvalue weighted by molar-refractivity contribution is 6.32. The van der Waals surface area contributed by atoms with Crippen LogP contribution in [-0.4, -0.2) is 23.6 Å². The number of hydrogen-bond acceptors (Lipinski definition) is 3. The molecular weight excluding hydrogens is 294 g/mol. The molecule has 0 heterocycles. The fraction of sp³-hybridized carbons (Fsp3) is 0.467. The third kappa shape index (κ3) is 5.27. The molecule has 1 rings (SSSR count). The number of carbonyl (C=O) groups is 2. The van der Waals surface area contributed by atoms with Crippen LogP contribution in [-0.2, 0) is 9.59 Å². The fourth-order valence-corrected chi connectivity index (χ4v) is 1.94. The van der Waals surface area contributed by atoms with Crippen LogP contribution in [0.25, 0.3) is 0 Å². The number of hydrogen-bond donors (Lipinski definition) is 2. The van der Waals surface area contributed by atoms with Gasteiger partial charge in [0.25, 0.3) is 0 Å². The quantitative estimate of drug-likeness (QED) is 0.808. The number of anilines is 1. The summed E-state index contributed by atoms with van der Waals surface area (Å²) in [4.78, 5) is 22.5. The number of carboxylic acids is 1. The van der Waals surface area contributed by atoms with Crippen molar-refractivity contribution in [1.29, 1.82) is 0 Å². The Labute approximate surface area is 129 Å². The maximum Gasteiger partial charge on any atom is 0.341 e. The highest BCUT2D eigenvalue weighted by Crippen LogP contribution is 2.28. The van der Waals surface area contributed by atoms with E-state index in [0.29, 0.717) is 11.6 Å². The Morgan fingerprint density at radius 3 is 2.57 bits per heavy atom. The molecule has 0 bridgehead atoms. The summed E-state index contributed by atoms with van der Waals surface area (Å²) in [5.41, 5.74) is 0.558. The van der Waals surface area contributed by atoms with E-state index in [4.69, 9.17) is 21.4 Å². The van der Waals surface area contributed by atoms with E-state index >= 15 is 0 Å². The maximum atomic E-state index is 12.1. The van der Waals surface area contributed by atoms with E-state index in [0.717, 1.165) is 6.42 Å². The van der Waals surface area contributed by atoms with E-state index in [1.54, 1.807) is 12.1 Å². The lowest BCUT2D eigenvalue weighted by molar-refractivity contribution is -0.139. The van der Waals surface area contributed by atoms with Crippen molar-refractivity contribution in [2.75, 3.05) is 11.9 Å². The van der Waals surface area contributed by atoms with Gasteiger partial charge in [-0.3, -0.25) is 4.79 Å². The standard InChI is InChI=1S/C15H20ClNO4/c1-4-9(2)10(3)15(20)17-11-5-6-13(12(16)7-11)21-8-14(18)19/h5-7,9-10H,4,8H2,1-3H3,(H,17,20)(H,18,19). The summed E-state index contributed by atoms with van der Waals surface area (Å²) < 4.78 is 5.02. The van der Waals surface area contributed by atoms with Crippen molar-refractivity contribution in [2.24, 2.45) is 11.8 Å². The van der Waals surface area contributed by atoms with Gasteiger partial charge in [0, 0.05) is 11.6 Å². The molecule has 1 aromatic carbocycles. The topological polar surface area (TPSA) is 75.6 Å². The summed E-state index contributed by atoms with van der Waals surface area (Å²) in [7, 11) is 0. The van der Waals surface area contributed by atoms with Crippen LogP contribution in [0.5, 0.6) is 5.75 Å². The molecule has 0 aromatic heterocycles. The third-order valence-electron chi connectivity index (χ3n) is 3.46. The number of halogens is 1. The fourth-order valence-electron chi connectivity index (χ4n) is 1.70. The van der Waals surface area contributed by atoms with Crippen molar-refractivity contribution in [2.45, 2.75) is 27.2 Å². The Morgan fingerprint density at radius 2 is 2.05 bits per heavy atom. The van der Waals surface area contributed by atoms with E-state index in [-0.39, 0.29) is 22.6 Å². The van der Waals surface area contributed by atoms with Crippen molar-refractivity contribution in [3.05, 3.63) is 23.2 Å². The molecule has 0 saturated carbocycles. The van der Waals surface area contributed by atoms with Crippen molar-refractivity contribution < 1.29 is 19.4 Å². The summed E-state index contributed by atoms with van der Waals surface area (Å²) >= 11 is 6.00. The molecule has 0 aliphatic carbocycles. The SMILES string of the molecule is CCC(C)C(C)C(=O)Nc1ccc(OCC(=O)O)c(Cl)c1. The molecule has 0 saturated heterocycles. The summed E-state index contributed by atoms with van der Waals surface area (Å²) in [5.74, 6) is -0.687. The minimum atomic E-state index is -1.08. The van der Waals surface area contributed by atoms with Gasteiger partial charge in [0.2, 0.25) is 5.91 Å². The molecular formula is C15H20ClNO4. The molecule has 5 nitrogen and oxygen atoms in total. The lowest BCUT2D eigenvalue weighted by Crippen LogP contribution is -2.25. The molecule has 1 amide bonds. The smallest absolute Gasteiger partial charge is 0.341 e. The predicted octanol–water partition coefficient (Wildman–Crippen LogP) is 3.42. The highest BCUT2D eigenvalue weighted by atomic mass is 35.5. The monoisotopic (exact) mass is 313 g/mol. The first-order valence-corrected chi connectivity index (χ1v) is 7.18. The molecule has 2 N–H and O–H groups in total. The first kappa shape index (κ1) is 17.3. The number of carbonyl (C=O) groups excluding carboxylic acids is 1. The van der Waals surface area contributed by atoms with Crippen molar-refractivity contribution in [3.8, 4) is 5.75 Å². The van der Waals surface area contributed by atoms with Crippen molar-refractivity contribution in [3.63, 3.8) is 0 Å². The Balaban J connectivity index is 2.71. The average molecular weight is 314 g/mol. The number of aliphatic carboxylic acids is 1. The van der Waals surface area contributed by atoms with E-state index < -0.39 is 12.6 Å². The number of rotatable bonds is 7. The number of ether oxygens (including phenoxy) is 1. The molecule has 0 spiro atoms. The first-order valence-electron chi connectivity index (χ1n) is 6.80. The molecule has 0 aliphatic rings. The van der Waals surface area contributed by atoms with Crippen LogP contribution in [0, 0.1) is 11.8 Å². The summed E-state index contributed by atoms with van der Waals surface area (Å²) in [5, 5.41) is 11.6. The second kappa shape index (κ2) is 7.88. The van der Waals surface area contributed by atoms with Crippen molar-refractivity contribution in [1.82, 2.24) is 0 Å². The molecule has 21 heavy (non-hydrogen) atoms. The van der Waals surface area contributed by atoms with E-state index in [1.165, 1.54) is 6.07 Å². The van der Waals surface area contributed by atoms with Crippen LogP contribution in [0.1, 0.15) is 27.2 Å². The first-order chi connectivity index (χ1) is 9.85. The van der Waals surface area contributed by atoms with Gasteiger partial charge in [0.05, 0.1) is 5.02 Å². The molecule has 0 fully saturated rings. The van der Waals surface area contributed by atoms with Crippen LogP contribution < -0.4 is 10.1 Å².